The Balaban J connectivity index is 2.70. The summed E-state index contributed by atoms with van der Waals surface area (Å²) in [6.45, 7) is 0.535. The fourth-order valence-electron chi connectivity index (χ4n) is 1.59. The Morgan fingerprint density at radius 2 is 2.33 bits per heavy atom. The van der Waals surface area contributed by atoms with Crippen molar-refractivity contribution in [2.24, 2.45) is 5.73 Å². The molecule has 80 valence electrons. The molecule has 0 aliphatic rings. The van der Waals surface area contributed by atoms with Gasteiger partial charge in [-0.05, 0) is 18.7 Å². The summed E-state index contributed by atoms with van der Waals surface area (Å²) >= 11 is 6.01. The lowest BCUT2D eigenvalue weighted by Crippen LogP contribution is -2.07. The second-order valence-electron chi connectivity index (χ2n) is 3.15. The second kappa shape index (κ2) is 4.08. The van der Waals surface area contributed by atoms with E-state index in [4.69, 9.17) is 22.1 Å². The molecule has 0 unspecified atom stereocenters. The molecule has 2 heterocycles. The van der Waals surface area contributed by atoms with Gasteiger partial charge in [-0.2, -0.15) is 0 Å². The maximum atomic E-state index is 6.01. The summed E-state index contributed by atoms with van der Waals surface area (Å²) in [4.78, 5) is 4.26. The Hall–Kier alpha value is -1.26. The molecule has 0 atom stereocenters. The number of imidazole rings is 1. The fourth-order valence-corrected chi connectivity index (χ4v) is 1.84. The van der Waals surface area contributed by atoms with Gasteiger partial charge in [0.25, 0.3) is 0 Å². The summed E-state index contributed by atoms with van der Waals surface area (Å²) in [6, 6.07) is 5.65. The van der Waals surface area contributed by atoms with Gasteiger partial charge in [-0.1, -0.05) is 17.7 Å². The minimum atomic E-state index is 0.484. The number of fused-ring (bicyclic) bond motifs is 1. The average molecular weight is 226 g/mol. The summed E-state index contributed by atoms with van der Waals surface area (Å²) in [7, 11) is 1.62. The Labute approximate surface area is 92.6 Å². The average Bonchev–Trinajstić information content (AvgIpc) is 2.57. The molecule has 5 heteroatoms. The lowest BCUT2D eigenvalue weighted by molar-refractivity contribution is 0.390. The number of hydrogen-bond acceptors (Lipinski definition) is 3. The third-order valence-electron chi connectivity index (χ3n) is 2.23. The Morgan fingerprint density at radius 3 is 3.00 bits per heavy atom. The molecule has 2 N–H and O–H groups in total. The highest BCUT2D eigenvalue weighted by atomic mass is 35.5. The first-order valence-corrected chi connectivity index (χ1v) is 5.05. The number of methoxy groups -OCH3 is 1. The van der Waals surface area contributed by atoms with Gasteiger partial charge in [0.1, 0.15) is 5.82 Å². The molecule has 4 nitrogen and oxygen atoms in total. The van der Waals surface area contributed by atoms with Gasteiger partial charge in [0.2, 0.25) is 0 Å². The van der Waals surface area contributed by atoms with E-state index in [0.717, 1.165) is 17.2 Å². The molecule has 15 heavy (non-hydrogen) atoms. The standard InChI is InChI=1S/C10H12ClN3O/c1-15-9-4-2-3-7-10(11)13-8(5-6-12)14(7)9/h2-4H,5-6,12H2,1H3. The minimum Gasteiger partial charge on any atom is -0.482 e. The highest BCUT2D eigenvalue weighted by Crippen LogP contribution is 2.23. The number of hydrogen-bond donors (Lipinski definition) is 1. The van der Waals surface area contributed by atoms with Crippen LogP contribution >= 0.6 is 11.6 Å². The van der Waals surface area contributed by atoms with Crippen LogP contribution in [0.4, 0.5) is 0 Å². The van der Waals surface area contributed by atoms with Gasteiger partial charge >= 0.3 is 0 Å². The van der Waals surface area contributed by atoms with Crippen LogP contribution in [0, 0.1) is 0 Å². The van der Waals surface area contributed by atoms with E-state index in [1.165, 1.54) is 0 Å². The first kappa shape index (κ1) is 10.3. The van der Waals surface area contributed by atoms with E-state index >= 15 is 0 Å². The van der Waals surface area contributed by atoms with Crippen molar-refractivity contribution in [2.75, 3.05) is 13.7 Å². The zero-order valence-electron chi connectivity index (χ0n) is 8.40. The molecule has 0 radical (unpaired) electrons. The molecule has 0 spiro atoms. The van der Waals surface area contributed by atoms with Crippen LogP contribution < -0.4 is 10.5 Å². The number of nitrogens with zero attached hydrogens (tertiary/aromatic N) is 2. The zero-order chi connectivity index (χ0) is 10.8. The van der Waals surface area contributed by atoms with E-state index < -0.39 is 0 Å². The van der Waals surface area contributed by atoms with E-state index in [1.807, 2.05) is 22.6 Å². The molecule has 0 aliphatic heterocycles. The van der Waals surface area contributed by atoms with Gasteiger partial charge < -0.3 is 10.5 Å². The van der Waals surface area contributed by atoms with Crippen LogP contribution in [0.3, 0.4) is 0 Å². The molecule has 2 aromatic heterocycles. The van der Waals surface area contributed by atoms with Gasteiger partial charge in [0.05, 0.1) is 12.6 Å². The molecule has 0 amide bonds. The van der Waals surface area contributed by atoms with E-state index in [1.54, 1.807) is 7.11 Å². The molecule has 2 rings (SSSR count). The molecule has 0 fully saturated rings. The molecular formula is C10H12ClN3O. The van der Waals surface area contributed by atoms with Gasteiger partial charge in [-0.3, -0.25) is 4.40 Å². The van der Waals surface area contributed by atoms with Crippen molar-refractivity contribution >= 4 is 17.1 Å². The Kier molecular flexibility index (Phi) is 2.79. The van der Waals surface area contributed by atoms with Crippen molar-refractivity contribution < 1.29 is 4.74 Å². The SMILES string of the molecule is COc1cccc2c(Cl)nc(CCN)n12. The first-order chi connectivity index (χ1) is 7.27. The Morgan fingerprint density at radius 1 is 1.53 bits per heavy atom. The predicted octanol–water partition coefficient (Wildman–Crippen LogP) is 1.50. The van der Waals surface area contributed by atoms with Crippen LogP contribution in [-0.4, -0.2) is 23.0 Å². The van der Waals surface area contributed by atoms with Gasteiger partial charge in [-0.25, -0.2) is 4.98 Å². The predicted molar refractivity (Wildman–Crippen MR) is 59.5 cm³/mol. The summed E-state index contributed by atoms with van der Waals surface area (Å²) in [5.74, 6) is 1.55. The number of ether oxygens (including phenoxy) is 1. The summed E-state index contributed by atoms with van der Waals surface area (Å²) in [6.07, 6.45) is 0.675. The summed E-state index contributed by atoms with van der Waals surface area (Å²) < 4.78 is 7.14. The highest BCUT2D eigenvalue weighted by molar-refractivity contribution is 6.32. The quantitative estimate of drug-likeness (QED) is 0.861. The van der Waals surface area contributed by atoms with Crippen molar-refractivity contribution in [1.82, 2.24) is 9.38 Å². The van der Waals surface area contributed by atoms with Gasteiger partial charge in [0.15, 0.2) is 11.0 Å². The van der Waals surface area contributed by atoms with Crippen molar-refractivity contribution in [2.45, 2.75) is 6.42 Å². The van der Waals surface area contributed by atoms with E-state index in [-0.39, 0.29) is 0 Å². The molecule has 2 aromatic rings. The molecule has 0 aromatic carbocycles. The van der Waals surface area contributed by atoms with E-state index in [0.29, 0.717) is 18.1 Å². The summed E-state index contributed by atoms with van der Waals surface area (Å²) in [5, 5.41) is 0.484. The number of rotatable bonds is 3. The van der Waals surface area contributed by atoms with E-state index in [2.05, 4.69) is 4.98 Å². The van der Waals surface area contributed by atoms with Crippen LogP contribution in [0.5, 0.6) is 5.88 Å². The van der Waals surface area contributed by atoms with Crippen molar-refractivity contribution in [3.8, 4) is 5.88 Å². The number of halogens is 1. The largest absolute Gasteiger partial charge is 0.482 e. The van der Waals surface area contributed by atoms with Gasteiger partial charge in [0, 0.05) is 6.42 Å². The first-order valence-electron chi connectivity index (χ1n) is 4.68. The molecule has 0 aliphatic carbocycles. The lowest BCUT2D eigenvalue weighted by Gasteiger charge is -2.05. The maximum Gasteiger partial charge on any atom is 0.199 e. The topological polar surface area (TPSA) is 52.5 Å². The molecule has 0 saturated carbocycles. The van der Waals surface area contributed by atoms with Crippen LogP contribution in [0.1, 0.15) is 5.82 Å². The van der Waals surface area contributed by atoms with Crippen molar-refractivity contribution in [3.05, 3.63) is 29.2 Å². The summed E-state index contributed by atoms with van der Waals surface area (Å²) in [5.41, 5.74) is 6.36. The van der Waals surface area contributed by atoms with Crippen LogP contribution in [0.15, 0.2) is 18.2 Å². The lowest BCUT2D eigenvalue weighted by atomic mass is 10.4. The third kappa shape index (κ3) is 1.66. The Bertz CT molecular complexity index is 481. The normalized spacial score (nSPS) is 10.9. The van der Waals surface area contributed by atoms with Crippen LogP contribution in [0.25, 0.3) is 5.52 Å². The molecular weight excluding hydrogens is 214 g/mol. The number of pyridine rings is 1. The van der Waals surface area contributed by atoms with Crippen LogP contribution in [0.2, 0.25) is 5.15 Å². The number of aromatic nitrogens is 2. The molecule has 0 bridgehead atoms. The number of nitrogens with two attached hydrogens (primary N) is 1. The van der Waals surface area contributed by atoms with Gasteiger partial charge in [-0.15, -0.1) is 0 Å². The third-order valence-corrected chi connectivity index (χ3v) is 2.51. The monoisotopic (exact) mass is 225 g/mol. The van der Waals surface area contributed by atoms with Crippen molar-refractivity contribution in [3.63, 3.8) is 0 Å². The fraction of sp³-hybridized carbons (Fsp3) is 0.300. The highest BCUT2D eigenvalue weighted by Gasteiger charge is 2.11. The molecule has 0 saturated heterocycles. The zero-order valence-corrected chi connectivity index (χ0v) is 9.16. The second-order valence-corrected chi connectivity index (χ2v) is 3.50. The smallest absolute Gasteiger partial charge is 0.199 e. The maximum absolute atomic E-state index is 6.01. The van der Waals surface area contributed by atoms with E-state index in [9.17, 15) is 0 Å². The minimum absolute atomic E-state index is 0.484. The van der Waals surface area contributed by atoms with Crippen molar-refractivity contribution in [1.29, 1.82) is 0 Å². The van der Waals surface area contributed by atoms with Crippen LogP contribution in [-0.2, 0) is 6.42 Å².